The maximum Gasteiger partial charge on any atom is 0.191 e. The van der Waals surface area contributed by atoms with Crippen molar-refractivity contribution in [3.63, 3.8) is 0 Å². The minimum absolute atomic E-state index is 0. The van der Waals surface area contributed by atoms with Gasteiger partial charge in [-0.25, -0.2) is 4.39 Å². The number of rotatable bonds is 4. The number of hydrogen-bond donors (Lipinski definition) is 2. The first kappa shape index (κ1) is 20.2. The molecule has 2 heterocycles. The van der Waals surface area contributed by atoms with Crippen LogP contribution < -0.4 is 15.5 Å². The molecule has 25 heavy (non-hydrogen) atoms. The molecule has 0 aromatic heterocycles. The Kier molecular flexibility index (Phi) is 7.30. The first-order valence-corrected chi connectivity index (χ1v) is 8.63. The summed E-state index contributed by atoms with van der Waals surface area (Å²) in [5.41, 5.74) is 1.19. The maximum absolute atomic E-state index is 13.4. The minimum atomic E-state index is -0.175. The zero-order valence-corrected chi connectivity index (χ0v) is 17.3. The van der Waals surface area contributed by atoms with E-state index in [9.17, 15) is 4.39 Å². The topological polar surface area (TPSA) is 48.9 Å². The maximum atomic E-state index is 13.4. The van der Waals surface area contributed by atoms with Crippen LogP contribution in [0.1, 0.15) is 19.8 Å². The highest BCUT2D eigenvalue weighted by atomic mass is 127. The molecule has 2 N–H and O–H groups in total. The summed E-state index contributed by atoms with van der Waals surface area (Å²) in [5, 5.41) is 6.91. The molecule has 0 radical (unpaired) electrons. The Bertz CT molecular complexity index is 586. The first-order chi connectivity index (χ1) is 11.6. The summed E-state index contributed by atoms with van der Waals surface area (Å²) < 4.78 is 18.6. The number of guanidine groups is 1. The number of hydrogen-bond acceptors (Lipinski definition) is 3. The van der Waals surface area contributed by atoms with Gasteiger partial charge in [-0.3, -0.25) is 4.99 Å². The number of benzene rings is 1. The molecule has 1 aromatic rings. The highest BCUT2D eigenvalue weighted by molar-refractivity contribution is 14.0. The van der Waals surface area contributed by atoms with Crippen molar-refractivity contribution in [1.82, 2.24) is 10.6 Å². The van der Waals surface area contributed by atoms with E-state index in [0.29, 0.717) is 6.04 Å². The van der Waals surface area contributed by atoms with Gasteiger partial charge in [-0.05, 0) is 31.0 Å². The molecule has 0 unspecified atom stereocenters. The van der Waals surface area contributed by atoms with Gasteiger partial charge in [0.25, 0.3) is 0 Å². The molecule has 1 aromatic carbocycles. The molecule has 2 aliphatic heterocycles. The summed E-state index contributed by atoms with van der Waals surface area (Å²) in [6, 6.07) is 7.23. The normalized spacial score (nSPS) is 20.4. The Morgan fingerprint density at radius 3 is 2.64 bits per heavy atom. The fourth-order valence-electron chi connectivity index (χ4n) is 3.19. The number of nitrogens with one attached hydrogen (secondary N) is 2. The number of anilines is 1. The molecule has 2 fully saturated rings. The van der Waals surface area contributed by atoms with Crippen molar-refractivity contribution in [2.24, 2.45) is 10.4 Å². The Hall–Kier alpha value is -1.09. The van der Waals surface area contributed by atoms with Gasteiger partial charge in [0.1, 0.15) is 5.82 Å². The first-order valence-electron chi connectivity index (χ1n) is 8.63. The predicted molar refractivity (Wildman–Crippen MR) is 110 cm³/mol. The van der Waals surface area contributed by atoms with Gasteiger partial charge in [-0.1, -0.05) is 13.0 Å². The Morgan fingerprint density at radius 2 is 2.08 bits per heavy atom. The fraction of sp³-hybridized carbons (Fsp3) is 0.611. The van der Waals surface area contributed by atoms with Crippen LogP contribution >= 0.6 is 24.0 Å². The molecule has 2 aliphatic rings. The van der Waals surface area contributed by atoms with E-state index in [1.807, 2.05) is 6.07 Å². The molecular formula is C18H28FIN4O. The van der Waals surface area contributed by atoms with Crippen LogP contribution in [0.4, 0.5) is 10.1 Å². The van der Waals surface area contributed by atoms with Crippen LogP contribution in [0.3, 0.4) is 0 Å². The summed E-state index contributed by atoms with van der Waals surface area (Å²) in [7, 11) is 1.80. The second-order valence-corrected chi connectivity index (χ2v) is 7.11. The van der Waals surface area contributed by atoms with Crippen LogP contribution in [-0.4, -0.2) is 51.9 Å². The zero-order chi connectivity index (χ0) is 17.0. The van der Waals surface area contributed by atoms with Gasteiger partial charge in [-0.2, -0.15) is 0 Å². The molecule has 7 heteroatoms. The fourth-order valence-corrected chi connectivity index (χ4v) is 3.19. The van der Waals surface area contributed by atoms with Crippen LogP contribution in [0.15, 0.2) is 29.3 Å². The van der Waals surface area contributed by atoms with E-state index in [4.69, 9.17) is 4.74 Å². The van der Waals surface area contributed by atoms with E-state index < -0.39 is 0 Å². The van der Waals surface area contributed by atoms with Crippen molar-refractivity contribution in [3.8, 4) is 0 Å². The van der Waals surface area contributed by atoms with Crippen molar-refractivity contribution in [1.29, 1.82) is 0 Å². The van der Waals surface area contributed by atoms with E-state index in [2.05, 4.69) is 27.4 Å². The quantitative estimate of drug-likeness (QED) is 0.411. The number of ether oxygens (including phenoxy) is 1. The zero-order valence-electron chi connectivity index (χ0n) is 14.9. The molecule has 0 spiro atoms. The van der Waals surface area contributed by atoms with E-state index in [0.717, 1.165) is 57.3 Å². The molecular weight excluding hydrogens is 434 g/mol. The van der Waals surface area contributed by atoms with Gasteiger partial charge in [0, 0.05) is 43.8 Å². The molecule has 2 saturated heterocycles. The summed E-state index contributed by atoms with van der Waals surface area (Å²) in [5.74, 6) is 0.679. The van der Waals surface area contributed by atoms with Gasteiger partial charge in [-0.15, -0.1) is 24.0 Å². The van der Waals surface area contributed by atoms with Crippen LogP contribution in [0.2, 0.25) is 0 Å². The van der Waals surface area contributed by atoms with Crippen LogP contribution in [0, 0.1) is 11.2 Å². The molecule has 0 aliphatic carbocycles. The van der Waals surface area contributed by atoms with E-state index in [-0.39, 0.29) is 35.2 Å². The summed E-state index contributed by atoms with van der Waals surface area (Å²) in [4.78, 5) is 6.56. The van der Waals surface area contributed by atoms with Crippen LogP contribution in [-0.2, 0) is 4.74 Å². The molecule has 5 nitrogen and oxygen atoms in total. The number of piperidine rings is 1. The third-order valence-electron chi connectivity index (χ3n) is 4.82. The number of aliphatic imine (C=N–C) groups is 1. The standard InChI is InChI=1S/C18H27FN4O.HI/c1-18(12-24-13-18)11-21-17(20-2)22-15-6-8-23(9-7-15)16-5-3-4-14(19)10-16;/h3-5,10,15H,6-9,11-13H2,1-2H3,(H2,20,21,22);1H. The molecule has 0 atom stereocenters. The van der Waals surface area contributed by atoms with E-state index in [1.165, 1.54) is 6.07 Å². The second kappa shape index (κ2) is 9.02. The van der Waals surface area contributed by atoms with Crippen molar-refractivity contribution < 1.29 is 9.13 Å². The number of halogens is 2. The van der Waals surface area contributed by atoms with Crippen molar-refractivity contribution in [2.75, 3.05) is 44.8 Å². The van der Waals surface area contributed by atoms with Crippen molar-refractivity contribution in [2.45, 2.75) is 25.8 Å². The lowest BCUT2D eigenvalue weighted by atomic mass is 9.89. The van der Waals surface area contributed by atoms with Crippen LogP contribution in [0.25, 0.3) is 0 Å². The lowest BCUT2D eigenvalue weighted by Gasteiger charge is -2.39. The lowest BCUT2D eigenvalue weighted by Crippen LogP contribution is -2.53. The molecule has 0 amide bonds. The SMILES string of the molecule is CN=C(NCC1(C)COC1)NC1CCN(c2cccc(F)c2)CC1.I. The third kappa shape index (κ3) is 5.44. The number of nitrogens with zero attached hydrogens (tertiary/aromatic N) is 2. The van der Waals surface area contributed by atoms with Gasteiger partial charge < -0.3 is 20.3 Å². The predicted octanol–water partition coefficient (Wildman–Crippen LogP) is 2.61. The lowest BCUT2D eigenvalue weighted by molar-refractivity contribution is -0.0971. The largest absolute Gasteiger partial charge is 0.380 e. The third-order valence-corrected chi connectivity index (χ3v) is 4.82. The molecule has 0 bridgehead atoms. The molecule has 3 rings (SSSR count). The minimum Gasteiger partial charge on any atom is -0.380 e. The van der Waals surface area contributed by atoms with Crippen molar-refractivity contribution in [3.05, 3.63) is 30.1 Å². The molecule has 140 valence electrons. The van der Waals surface area contributed by atoms with E-state index in [1.54, 1.807) is 19.2 Å². The average molecular weight is 462 g/mol. The molecule has 0 saturated carbocycles. The monoisotopic (exact) mass is 462 g/mol. The van der Waals surface area contributed by atoms with Gasteiger partial charge >= 0.3 is 0 Å². The summed E-state index contributed by atoms with van der Waals surface area (Å²) >= 11 is 0. The smallest absolute Gasteiger partial charge is 0.191 e. The highest BCUT2D eigenvalue weighted by Gasteiger charge is 2.33. The summed E-state index contributed by atoms with van der Waals surface area (Å²) in [6.45, 7) is 6.54. The van der Waals surface area contributed by atoms with Crippen LogP contribution in [0.5, 0.6) is 0 Å². The highest BCUT2D eigenvalue weighted by Crippen LogP contribution is 2.25. The average Bonchev–Trinajstić information content (AvgIpc) is 2.57. The van der Waals surface area contributed by atoms with Gasteiger partial charge in [0.15, 0.2) is 5.96 Å². The van der Waals surface area contributed by atoms with Gasteiger partial charge in [0.05, 0.1) is 13.2 Å². The Balaban J connectivity index is 0.00000225. The Morgan fingerprint density at radius 1 is 1.36 bits per heavy atom. The summed E-state index contributed by atoms with van der Waals surface area (Å²) in [6.07, 6.45) is 2.02. The Labute approximate surface area is 166 Å². The second-order valence-electron chi connectivity index (χ2n) is 7.11. The van der Waals surface area contributed by atoms with Crippen molar-refractivity contribution >= 4 is 35.6 Å². The van der Waals surface area contributed by atoms with E-state index >= 15 is 0 Å². The van der Waals surface area contributed by atoms with Gasteiger partial charge in [0.2, 0.25) is 0 Å².